The van der Waals surface area contributed by atoms with E-state index in [0.29, 0.717) is 22.7 Å². The minimum absolute atomic E-state index is 0.122. The topological polar surface area (TPSA) is 97.0 Å². The highest BCUT2D eigenvalue weighted by Crippen LogP contribution is 2.37. The smallest absolute Gasteiger partial charge is 0.231 e. The number of ether oxygens (including phenoxy) is 2. The fourth-order valence-corrected chi connectivity index (χ4v) is 3.57. The van der Waals surface area contributed by atoms with Crippen LogP contribution < -0.4 is 25.0 Å². The van der Waals surface area contributed by atoms with Crippen molar-refractivity contribution < 1.29 is 28.2 Å². The number of hydrogen-bond donors (Lipinski definition) is 2. The van der Waals surface area contributed by atoms with Gasteiger partial charge in [-0.3, -0.25) is 14.4 Å². The highest BCUT2D eigenvalue weighted by Gasteiger charge is 2.35. The van der Waals surface area contributed by atoms with Crippen LogP contribution in [0.15, 0.2) is 42.5 Å². The third kappa shape index (κ3) is 4.93. The summed E-state index contributed by atoms with van der Waals surface area (Å²) in [5.74, 6) is -0.190. The summed E-state index contributed by atoms with van der Waals surface area (Å²) in [6.07, 6.45) is 0.257. The molecule has 2 N–H and O–H groups in total. The summed E-state index contributed by atoms with van der Waals surface area (Å²) in [4.78, 5) is 38.3. The van der Waals surface area contributed by atoms with Crippen LogP contribution in [0.1, 0.15) is 12.0 Å². The van der Waals surface area contributed by atoms with Crippen molar-refractivity contribution >= 4 is 23.4 Å². The molecule has 2 aromatic rings. The molecule has 3 amide bonds. The Balaban J connectivity index is 1.21. The van der Waals surface area contributed by atoms with Crippen molar-refractivity contribution in [3.8, 4) is 11.5 Å². The minimum Gasteiger partial charge on any atom is -0.454 e. The van der Waals surface area contributed by atoms with Gasteiger partial charge in [-0.15, -0.1) is 0 Å². The van der Waals surface area contributed by atoms with Crippen molar-refractivity contribution in [3.05, 3.63) is 53.8 Å². The van der Waals surface area contributed by atoms with Gasteiger partial charge < -0.3 is 25.0 Å². The third-order valence-corrected chi connectivity index (χ3v) is 5.19. The number of hydrogen-bond acceptors (Lipinski definition) is 5. The van der Waals surface area contributed by atoms with Gasteiger partial charge in [0.25, 0.3) is 0 Å². The summed E-state index contributed by atoms with van der Waals surface area (Å²) >= 11 is 0. The lowest BCUT2D eigenvalue weighted by atomic mass is 10.1. The summed E-state index contributed by atoms with van der Waals surface area (Å²) in [7, 11) is 0. The van der Waals surface area contributed by atoms with Gasteiger partial charge >= 0.3 is 0 Å². The van der Waals surface area contributed by atoms with Crippen LogP contribution in [-0.2, 0) is 20.8 Å². The normalized spacial score (nSPS) is 17.0. The van der Waals surface area contributed by atoms with Gasteiger partial charge in [-0.25, -0.2) is 4.39 Å². The van der Waals surface area contributed by atoms with Gasteiger partial charge in [-0.05, 0) is 29.8 Å². The molecule has 1 unspecified atom stereocenters. The van der Waals surface area contributed by atoms with Crippen LogP contribution in [-0.4, -0.2) is 44.1 Å². The number of carbonyl (C=O) groups is 3. The van der Waals surface area contributed by atoms with Crippen molar-refractivity contribution in [2.75, 3.05) is 31.3 Å². The average Bonchev–Trinajstić information content (AvgIpc) is 3.38. The number of carbonyl (C=O) groups excluding carboxylic acids is 3. The summed E-state index contributed by atoms with van der Waals surface area (Å²) < 4.78 is 23.5. The Kier molecular flexibility index (Phi) is 6.01. The van der Waals surface area contributed by atoms with E-state index in [0.717, 1.165) is 0 Å². The van der Waals surface area contributed by atoms with Crippen LogP contribution in [0.2, 0.25) is 0 Å². The maximum atomic E-state index is 12.9. The van der Waals surface area contributed by atoms with Crippen LogP contribution in [0.4, 0.5) is 10.1 Å². The van der Waals surface area contributed by atoms with Crippen LogP contribution in [0.5, 0.6) is 11.5 Å². The van der Waals surface area contributed by atoms with Gasteiger partial charge in [-0.1, -0.05) is 12.1 Å². The molecule has 4 rings (SSSR count). The number of amides is 3. The Labute approximate surface area is 178 Å². The minimum atomic E-state index is -0.465. The number of fused-ring (bicyclic) bond motifs is 1. The van der Waals surface area contributed by atoms with E-state index in [9.17, 15) is 18.8 Å². The quantitative estimate of drug-likeness (QED) is 0.651. The zero-order valence-electron chi connectivity index (χ0n) is 16.7. The molecule has 31 heavy (non-hydrogen) atoms. The van der Waals surface area contributed by atoms with Crippen molar-refractivity contribution in [1.29, 1.82) is 0 Å². The first kappa shape index (κ1) is 20.6. The van der Waals surface area contributed by atoms with E-state index in [1.165, 1.54) is 12.1 Å². The second-order valence-electron chi connectivity index (χ2n) is 7.39. The van der Waals surface area contributed by atoms with Crippen molar-refractivity contribution in [2.24, 2.45) is 5.92 Å². The molecule has 0 bridgehead atoms. The molecule has 1 atom stereocenters. The first-order valence-corrected chi connectivity index (χ1v) is 9.98. The second kappa shape index (κ2) is 9.03. The molecule has 0 aromatic heterocycles. The van der Waals surface area contributed by atoms with Gasteiger partial charge in [-0.2, -0.15) is 0 Å². The lowest BCUT2D eigenvalue weighted by molar-refractivity contribution is -0.126. The monoisotopic (exact) mass is 427 g/mol. The van der Waals surface area contributed by atoms with Gasteiger partial charge in [0.1, 0.15) is 5.82 Å². The molecule has 0 aliphatic carbocycles. The van der Waals surface area contributed by atoms with E-state index >= 15 is 0 Å². The van der Waals surface area contributed by atoms with Crippen LogP contribution in [0.3, 0.4) is 0 Å². The molecule has 0 radical (unpaired) electrons. The summed E-state index contributed by atoms with van der Waals surface area (Å²) in [6.45, 7) is 0.945. The van der Waals surface area contributed by atoms with Crippen LogP contribution >= 0.6 is 0 Å². The van der Waals surface area contributed by atoms with E-state index in [4.69, 9.17) is 9.47 Å². The Morgan fingerprint density at radius 2 is 1.77 bits per heavy atom. The lowest BCUT2D eigenvalue weighted by Crippen LogP contribution is -2.38. The molecule has 2 aromatic carbocycles. The highest BCUT2D eigenvalue weighted by atomic mass is 19.1. The number of nitrogens with zero attached hydrogens (tertiary/aromatic N) is 1. The predicted molar refractivity (Wildman–Crippen MR) is 109 cm³/mol. The Bertz CT molecular complexity index is 995. The van der Waals surface area contributed by atoms with Crippen molar-refractivity contribution in [3.63, 3.8) is 0 Å². The standard InChI is InChI=1S/C22H22FN3O5/c23-16-3-1-14(2-4-16)9-20(27)24-7-8-25-22(29)15-10-21(28)26(12-15)17-5-6-18-19(11-17)31-13-30-18/h1-6,11,15H,7-10,12-13H2,(H,24,27)(H,25,29). The fraction of sp³-hybridized carbons (Fsp3) is 0.318. The maximum absolute atomic E-state index is 12.9. The first-order valence-electron chi connectivity index (χ1n) is 9.98. The van der Waals surface area contributed by atoms with E-state index in [1.54, 1.807) is 35.2 Å². The molecular weight excluding hydrogens is 405 g/mol. The SMILES string of the molecule is O=C(Cc1ccc(F)cc1)NCCNC(=O)C1CC(=O)N(c2ccc3c(c2)OCO3)C1. The van der Waals surface area contributed by atoms with Gasteiger partial charge in [0.2, 0.25) is 24.5 Å². The largest absolute Gasteiger partial charge is 0.454 e. The van der Waals surface area contributed by atoms with Gasteiger partial charge in [0.15, 0.2) is 11.5 Å². The van der Waals surface area contributed by atoms with Gasteiger partial charge in [0, 0.05) is 37.8 Å². The first-order chi connectivity index (χ1) is 15.0. The van der Waals surface area contributed by atoms with E-state index < -0.39 is 5.92 Å². The Hall–Kier alpha value is -3.62. The molecule has 9 heteroatoms. The average molecular weight is 427 g/mol. The zero-order valence-corrected chi connectivity index (χ0v) is 16.7. The van der Waals surface area contributed by atoms with E-state index in [2.05, 4.69) is 10.6 Å². The van der Waals surface area contributed by atoms with Crippen molar-refractivity contribution in [2.45, 2.75) is 12.8 Å². The Morgan fingerprint density at radius 3 is 2.58 bits per heavy atom. The summed E-state index contributed by atoms with van der Waals surface area (Å²) in [5, 5.41) is 5.47. The third-order valence-electron chi connectivity index (χ3n) is 5.19. The molecule has 2 aliphatic heterocycles. The second-order valence-corrected chi connectivity index (χ2v) is 7.39. The summed E-state index contributed by atoms with van der Waals surface area (Å²) in [5.41, 5.74) is 1.37. The molecule has 1 fully saturated rings. The molecule has 2 heterocycles. The van der Waals surface area contributed by atoms with Crippen LogP contribution in [0, 0.1) is 11.7 Å². The Morgan fingerprint density at radius 1 is 1.03 bits per heavy atom. The molecule has 162 valence electrons. The molecule has 0 spiro atoms. The molecule has 1 saturated heterocycles. The van der Waals surface area contributed by atoms with Gasteiger partial charge in [0.05, 0.1) is 12.3 Å². The maximum Gasteiger partial charge on any atom is 0.231 e. The van der Waals surface area contributed by atoms with E-state index in [1.807, 2.05) is 0 Å². The molecular formula is C22H22FN3O5. The highest BCUT2D eigenvalue weighted by molar-refractivity contribution is 6.00. The number of halogens is 1. The summed E-state index contributed by atoms with van der Waals surface area (Å²) in [6, 6.07) is 11.0. The predicted octanol–water partition coefficient (Wildman–Crippen LogP) is 1.38. The van der Waals surface area contributed by atoms with Crippen molar-refractivity contribution in [1.82, 2.24) is 10.6 Å². The molecule has 2 aliphatic rings. The number of nitrogens with one attached hydrogen (secondary N) is 2. The fourth-order valence-electron chi connectivity index (χ4n) is 3.57. The number of anilines is 1. The lowest BCUT2D eigenvalue weighted by Gasteiger charge is -2.17. The molecule has 0 saturated carbocycles. The number of rotatable bonds is 7. The van der Waals surface area contributed by atoms with Crippen LogP contribution in [0.25, 0.3) is 0 Å². The zero-order chi connectivity index (χ0) is 21.8. The number of benzene rings is 2. The molecule has 8 nitrogen and oxygen atoms in total. The van der Waals surface area contributed by atoms with E-state index in [-0.39, 0.29) is 62.8 Å².